The highest BCUT2D eigenvalue weighted by molar-refractivity contribution is 7.13. The molecule has 0 aliphatic carbocycles. The van der Waals surface area contributed by atoms with Crippen molar-refractivity contribution in [3.63, 3.8) is 0 Å². The molecule has 2 aromatic rings. The molecule has 1 N–H and O–H groups in total. The summed E-state index contributed by atoms with van der Waals surface area (Å²) in [5.74, 6) is 1.83. The zero-order valence-corrected chi connectivity index (χ0v) is 11.0. The SMILES string of the molecule is Cc1ccc(CN(C)c2nc(C(C)O)cs2)o1. The van der Waals surface area contributed by atoms with Gasteiger partial charge in [0.2, 0.25) is 0 Å². The number of aryl methyl sites for hydroxylation is 1. The summed E-state index contributed by atoms with van der Waals surface area (Å²) in [5.41, 5.74) is 0.715. The van der Waals surface area contributed by atoms with Crippen LogP contribution in [0.1, 0.15) is 30.2 Å². The Labute approximate surface area is 105 Å². The van der Waals surface area contributed by atoms with Crippen molar-refractivity contribution in [3.8, 4) is 0 Å². The quantitative estimate of drug-likeness (QED) is 0.909. The summed E-state index contributed by atoms with van der Waals surface area (Å²) >= 11 is 1.53. The molecule has 0 fully saturated rings. The number of aromatic nitrogens is 1. The lowest BCUT2D eigenvalue weighted by molar-refractivity contribution is 0.195. The van der Waals surface area contributed by atoms with Crippen LogP contribution in [0.4, 0.5) is 5.13 Å². The number of rotatable bonds is 4. The second-order valence-corrected chi connectivity index (χ2v) is 4.94. The van der Waals surface area contributed by atoms with Gasteiger partial charge >= 0.3 is 0 Å². The van der Waals surface area contributed by atoms with Crippen LogP contribution in [0.3, 0.4) is 0 Å². The summed E-state index contributed by atoms with van der Waals surface area (Å²) in [4.78, 5) is 6.37. The molecule has 0 bridgehead atoms. The van der Waals surface area contributed by atoms with Gasteiger partial charge in [0.25, 0.3) is 0 Å². The average molecular weight is 252 g/mol. The molecule has 0 radical (unpaired) electrons. The fourth-order valence-electron chi connectivity index (χ4n) is 1.51. The van der Waals surface area contributed by atoms with Crippen LogP contribution < -0.4 is 4.90 Å². The lowest BCUT2D eigenvalue weighted by Gasteiger charge is -2.13. The maximum atomic E-state index is 9.42. The molecule has 1 atom stereocenters. The maximum Gasteiger partial charge on any atom is 0.185 e. The van der Waals surface area contributed by atoms with Crippen molar-refractivity contribution in [3.05, 3.63) is 34.7 Å². The minimum Gasteiger partial charge on any atom is -0.464 e. The molecule has 17 heavy (non-hydrogen) atoms. The minimum absolute atomic E-state index is 0.515. The summed E-state index contributed by atoms with van der Waals surface area (Å²) in [5, 5.41) is 12.2. The molecule has 0 aliphatic rings. The topological polar surface area (TPSA) is 49.5 Å². The number of aliphatic hydroxyl groups excluding tert-OH is 1. The van der Waals surface area contributed by atoms with Crippen LogP contribution in [0, 0.1) is 6.92 Å². The molecule has 0 spiro atoms. The molecular weight excluding hydrogens is 236 g/mol. The minimum atomic E-state index is -0.515. The normalized spacial score (nSPS) is 12.7. The Bertz CT molecular complexity index is 490. The van der Waals surface area contributed by atoms with E-state index in [2.05, 4.69) is 4.98 Å². The van der Waals surface area contributed by atoms with Crippen LogP contribution in [0.15, 0.2) is 21.9 Å². The zero-order valence-electron chi connectivity index (χ0n) is 10.2. The van der Waals surface area contributed by atoms with Gasteiger partial charge in [0, 0.05) is 12.4 Å². The van der Waals surface area contributed by atoms with Gasteiger partial charge in [-0.1, -0.05) is 0 Å². The van der Waals surface area contributed by atoms with Crippen LogP contribution in [0.25, 0.3) is 0 Å². The van der Waals surface area contributed by atoms with Gasteiger partial charge in [0.15, 0.2) is 5.13 Å². The van der Waals surface area contributed by atoms with E-state index in [4.69, 9.17) is 4.42 Å². The fraction of sp³-hybridized carbons (Fsp3) is 0.417. The van der Waals surface area contributed by atoms with E-state index in [0.29, 0.717) is 12.2 Å². The first kappa shape index (κ1) is 12.1. The first-order valence-electron chi connectivity index (χ1n) is 5.46. The van der Waals surface area contributed by atoms with Crippen LogP contribution >= 0.6 is 11.3 Å². The van der Waals surface area contributed by atoms with Gasteiger partial charge in [0.1, 0.15) is 11.5 Å². The van der Waals surface area contributed by atoms with Crippen LogP contribution in [-0.2, 0) is 6.54 Å². The predicted octanol–water partition coefficient (Wildman–Crippen LogP) is 2.73. The summed E-state index contributed by atoms with van der Waals surface area (Å²) < 4.78 is 5.52. The van der Waals surface area contributed by atoms with E-state index in [-0.39, 0.29) is 0 Å². The first-order chi connectivity index (χ1) is 8.06. The van der Waals surface area contributed by atoms with Crippen LogP contribution in [0.2, 0.25) is 0 Å². The van der Waals surface area contributed by atoms with Crippen LogP contribution in [0.5, 0.6) is 0 Å². The second kappa shape index (κ2) is 4.89. The van der Waals surface area contributed by atoms with Crippen molar-refractivity contribution in [1.29, 1.82) is 0 Å². The Hall–Kier alpha value is -1.33. The Morgan fingerprint density at radius 2 is 2.29 bits per heavy atom. The molecule has 92 valence electrons. The standard InChI is InChI=1S/C12H16N2O2S/c1-8-4-5-10(16-8)6-14(3)12-13-11(7-17-12)9(2)15/h4-5,7,9,15H,6H2,1-3H3. The molecule has 2 heterocycles. The van der Waals surface area contributed by atoms with Crippen LogP contribution in [-0.4, -0.2) is 17.1 Å². The molecule has 5 heteroatoms. The van der Waals surface area contributed by atoms with E-state index >= 15 is 0 Å². The molecule has 0 saturated heterocycles. The Morgan fingerprint density at radius 3 is 2.82 bits per heavy atom. The highest BCUT2D eigenvalue weighted by Gasteiger charge is 2.11. The number of hydrogen-bond acceptors (Lipinski definition) is 5. The third-order valence-electron chi connectivity index (χ3n) is 2.45. The molecule has 0 saturated carbocycles. The van der Waals surface area contributed by atoms with E-state index in [9.17, 15) is 5.11 Å². The molecular formula is C12H16N2O2S. The molecule has 1 unspecified atom stereocenters. The monoisotopic (exact) mass is 252 g/mol. The number of nitrogens with zero attached hydrogens (tertiary/aromatic N) is 2. The largest absolute Gasteiger partial charge is 0.464 e. The molecule has 4 nitrogen and oxygen atoms in total. The lowest BCUT2D eigenvalue weighted by atomic mass is 10.3. The molecule has 2 aromatic heterocycles. The molecule has 0 amide bonds. The molecule has 2 rings (SSSR count). The third kappa shape index (κ3) is 2.87. The van der Waals surface area contributed by atoms with Gasteiger partial charge in [-0.05, 0) is 26.0 Å². The fourth-order valence-corrected chi connectivity index (χ4v) is 2.39. The summed E-state index contributed by atoms with van der Waals surface area (Å²) in [6.07, 6.45) is -0.515. The summed E-state index contributed by atoms with van der Waals surface area (Å²) in [6, 6.07) is 3.92. The number of aliphatic hydroxyl groups is 1. The maximum absolute atomic E-state index is 9.42. The predicted molar refractivity (Wildman–Crippen MR) is 68.3 cm³/mol. The number of anilines is 1. The van der Waals surface area contributed by atoms with Gasteiger partial charge in [0.05, 0.1) is 18.3 Å². The van der Waals surface area contributed by atoms with Crippen molar-refractivity contribution < 1.29 is 9.52 Å². The molecule has 0 aliphatic heterocycles. The Balaban J connectivity index is 2.06. The van der Waals surface area contributed by atoms with E-state index in [0.717, 1.165) is 16.7 Å². The Morgan fingerprint density at radius 1 is 1.53 bits per heavy atom. The number of hydrogen-bond donors (Lipinski definition) is 1. The van der Waals surface area contributed by atoms with Crippen molar-refractivity contribution in [2.24, 2.45) is 0 Å². The number of furan rings is 1. The highest BCUT2D eigenvalue weighted by Crippen LogP contribution is 2.24. The Kier molecular flexibility index (Phi) is 3.49. The van der Waals surface area contributed by atoms with Gasteiger partial charge in [-0.15, -0.1) is 11.3 Å². The number of thiazole rings is 1. The lowest BCUT2D eigenvalue weighted by Crippen LogP contribution is -2.15. The van der Waals surface area contributed by atoms with E-state index in [1.807, 2.05) is 36.4 Å². The smallest absolute Gasteiger partial charge is 0.185 e. The van der Waals surface area contributed by atoms with E-state index in [1.165, 1.54) is 11.3 Å². The van der Waals surface area contributed by atoms with Crippen molar-refractivity contribution in [2.75, 3.05) is 11.9 Å². The van der Waals surface area contributed by atoms with Gasteiger partial charge in [-0.3, -0.25) is 0 Å². The van der Waals surface area contributed by atoms with Crippen molar-refractivity contribution >= 4 is 16.5 Å². The van der Waals surface area contributed by atoms with Crippen molar-refractivity contribution in [1.82, 2.24) is 4.98 Å². The second-order valence-electron chi connectivity index (χ2n) is 4.10. The molecule has 0 aromatic carbocycles. The average Bonchev–Trinajstić information content (AvgIpc) is 2.86. The van der Waals surface area contributed by atoms with E-state index < -0.39 is 6.10 Å². The highest BCUT2D eigenvalue weighted by atomic mass is 32.1. The van der Waals surface area contributed by atoms with Gasteiger partial charge in [-0.25, -0.2) is 4.98 Å². The third-order valence-corrected chi connectivity index (χ3v) is 3.43. The summed E-state index contributed by atoms with van der Waals surface area (Å²) in [7, 11) is 1.96. The van der Waals surface area contributed by atoms with Gasteiger partial charge < -0.3 is 14.4 Å². The van der Waals surface area contributed by atoms with Crippen molar-refractivity contribution in [2.45, 2.75) is 26.5 Å². The first-order valence-corrected chi connectivity index (χ1v) is 6.34. The summed E-state index contributed by atoms with van der Waals surface area (Å²) in [6.45, 7) is 4.33. The van der Waals surface area contributed by atoms with Gasteiger partial charge in [-0.2, -0.15) is 0 Å². The van der Waals surface area contributed by atoms with E-state index in [1.54, 1.807) is 6.92 Å². The zero-order chi connectivity index (χ0) is 12.4.